The molecule has 3 fully saturated rings. The molecule has 43 heavy (non-hydrogen) atoms. The minimum absolute atomic E-state index is 0.0240. The Morgan fingerprint density at radius 1 is 1.05 bits per heavy atom. The zero-order valence-corrected chi connectivity index (χ0v) is 26.0. The molecule has 3 heterocycles. The van der Waals surface area contributed by atoms with Gasteiger partial charge in [-0.15, -0.1) is 24.9 Å². The number of fused-ring (bicyclic) bond motifs is 1. The number of hydrogen-bond donors (Lipinski definition) is 1. The molecule has 0 aliphatic carbocycles. The molecule has 3 saturated heterocycles. The van der Waals surface area contributed by atoms with Crippen LogP contribution < -0.4 is 0 Å². The first-order chi connectivity index (χ1) is 20.8. The lowest BCUT2D eigenvalue weighted by molar-refractivity contribution is -0.147. The van der Waals surface area contributed by atoms with Crippen LogP contribution in [0.2, 0.25) is 0 Å². The van der Waals surface area contributed by atoms with Crippen LogP contribution in [0, 0.1) is 17.8 Å². The van der Waals surface area contributed by atoms with E-state index in [0.717, 1.165) is 24.0 Å². The fourth-order valence-corrected chi connectivity index (χ4v) is 10.1. The predicted molar refractivity (Wildman–Crippen MR) is 171 cm³/mol. The molecule has 1 N–H and O–H groups in total. The molecule has 0 saturated carbocycles. The van der Waals surface area contributed by atoms with Crippen LogP contribution in [0.15, 0.2) is 86.0 Å². The molecule has 2 aromatic rings. The minimum atomic E-state index is -0.840. The van der Waals surface area contributed by atoms with E-state index in [-0.39, 0.29) is 35.5 Å². The molecule has 228 valence electrons. The molecule has 3 aliphatic rings. The molecule has 0 aromatic heterocycles. The van der Waals surface area contributed by atoms with Crippen molar-refractivity contribution in [3.63, 3.8) is 0 Å². The molecule has 8 heteroatoms. The van der Waals surface area contributed by atoms with Crippen molar-refractivity contribution in [2.75, 3.05) is 26.2 Å². The number of amides is 3. The van der Waals surface area contributed by atoms with Crippen LogP contribution in [-0.2, 0) is 20.9 Å². The minimum Gasteiger partial charge on any atom is -0.394 e. The van der Waals surface area contributed by atoms with Crippen molar-refractivity contribution < 1.29 is 19.5 Å². The van der Waals surface area contributed by atoms with Gasteiger partial charge in [-0.05, 0) is 29.9 Å². The third kappa shape index (κ3) is 5.33. The largest absolute Gasteiger partial charge is 0.394 e. The summed E-state index contributed by atoms with van der Waals surface area (Å²) in [5.41, 5.74) is 1.74. The van der Waals surface area contributed by atoms with E-state index in [1.165, 1.54) is 0 Å². The highest BCUT2D eigenvalue weighted by Gasteiger charge is 2.77. The molecule has 3 amide bonds. The molecule has 1 spiro atoms. The summed E-state index contributed by atoms with van der Waals surface area (Å²) < 4.78 is -0.788. The molecule has 5 rings (SSSR count). The van der Waals surface area contributed by atoms with Gasteiger partial charge in [0, 0.05) is 31.4 Å². The summed E-state index contributed by atoms with van der Waals surface area (Å²) in [6.45, 7) is 13.3. The van der Waals surface area contributed by atoms with Gasteiger partial charge in [-0.25, -0.2) is 0 Å². The topological polar surface area (TPSA) is 81.2 Å². The van der Waals surface area contributed by atoms with Crippen LogP contribution in [0.3, 0.4) is 0 Å². The van der Waals surface area contributed by atoms with Crippen LogP contribution in [0.4, 0.5) is 0 Å². The quantitative estimate of drug-likeness (QED) is 0.337. The number of rotatable bonds is 13. The summed E-state index contributed by atoms with van der Waals surface area (Å²) in [6.07, 6.45) is 5.00. The van der Waals surface area contributed by atoms with Gasteiger partial charge < -0.3 is 19.8 Å². The van der Waals surface area contributed by atoms with Crippen LogP contribution in [0.25, 0.3) is 0 Å². The third-order valence-electron chi connectivity index (χ3n) is 9.43. The number of nitrogens with zero attached hydrogens (tertiary/aromatic N) is 3. The van der Waals surface area contributed by atoms with E-state index in [2.05, 4.69) is 20.1 Å². The molecule has 2 aromatic carbocycles. The van der Waals surface area contributed by atoms with E-state index in [9.17, 15) is 19.5 Å². The SMILES string of the molecule is C=CCN(Cc1ccccc1)C(=O)C1N([C@H](CO)c2ccccc2)C(=O)[C@@H]2[C@@H](C(=O)N(CC=C)CCC)[C@H]3CC(C)C12S3. The third-order valence-corrected chi connectivity index (χ3v) is 11.5. The summed E-state index contributed by atoms with van der Waals surface area (Å²) in [7, 11) is 0. The van der Waals surface area contributed by atoms with Gasteiger partial charge in [0.05, 0.1) is 29.2 Å². The van der Waals surface area contributed by atoms with Gasteiger partial charge in [0.2, 0.25) is 17.7 Å². The zero-order valence-electron chi connectivity index (χ0n) is 25.2. The lowest BCUT2D eigenvalue weighted by atomic mass is 9.65. The predicted octanol–water partition coefficient (Wildman–Crippen LogP) is 4.70. The number of carbonyl (C=O) groups excluding carboxylic acids is 3. The first kappa shape index (κ1) is 31.1. The smallest absolute Gasteiger partial charge is 0.247 e. The lowest BCUT2D eigenvalue weighted by Gasteiger charge is -2.42. The first-order valence-corrected chi connectivity index (χ1v) is 16.2. The standard InChI is InChI=1S/C35H43N3O4S/c1-5-18-36(19-6-2)32(40)29-28-21-24(4)35(43-28)30(29)33(41)38(27(23-39)26-16-12-9-13-17-26)31(35)34(42)37(20-7-3)22-25-14-10-8-11-15-25/h5,7-17,24,27-31,39H,1,3,6,18-23H2,2,4H3/t24?,27-,28-,29+,30+,31?,35?/m1/s1. The Balaban J connectivity index is 1.63. The molecule has 3 aliphatic heterocycles. The monoisotopic (exact) mass is 601 g/mol. The summed E-state index contributed by atoms with van der Waals surface area (Å²) in [4.78, 5) is 49.2. The number of aliphatic hydroxyl groups excluding tert-OH is 1. The van der Waals surface area contributed by atoms with Crippen LogP contribution in [0.5, 0.6) is 0 Å². The first-order valence-electron chi connectivity index (χ1n) is 15.3. The number of aliphatic hydroxyl groups is 1. The van der Waals surface area contributed by atoms with Gasteiger partial charge in [-0.3, -0.25) is 14.4 Å². The van der Waals surface area contributed by atoms with E-state index in [1.54, 1.807) is 33.7 Å². The maximum absolute atomic E-state index is 14.9. The summed E-state index contributed by atoms with van der Waals surface area (Å²) in [5, 5.41) is 10.8. The number of hydrogen-bond acceptors (Lipinski definition) is 5. The maximum Gasteiger partial charge on any atom is 0.247 e. The summed E-state index contributed by atoms with van der Waals surface area (Å²) in [5.74, 6) is -1.58. The van der Waals surface area contributed by atoms with Crippen LogP contribution in [-0.4, -0.2) is 79.8 Å². The van der Waals surface area contributed by atoms with Gasteiger partial charge in [-0.2, -0.15) is 0 Å². The molecular weight excluding hydrogens is 558 g/mol. The van der Waals surface area contributed by atoms with E-state index >= 15 is 0 Å². The normalized spacial score (nSPS) is 27.9. The van der Waals surface area contributed by atoms with Crippen molar-refractivity contribution in [1.82, 2.24) is 14.7 Å². The second-order valence-corrected chi connectivity index (χ2v) is 13.5. The van der Waals surface area contributed by atoms with Crippen molar-refractivity contribution in [1.29, 1.82) is 0 Å². The fourth-order valence-electron chi connectivity index (χ4n) is 7.68. The van der Waals surface area contributed by atoms with Crippen molar-refractivity contribution in [3.8, 4) is 0 Å². The highest BCUT2D eigenvalue weighted by molar-refractivity contribution is 8.02. The molecule has 3 unspecified atom stereocenters. The second-order valence-electron chi connectivity index (χ2n) is 12.0. The molecule has 7 atom stereocenters. The van der Waals surface area contributed by atoms with Gasteiger partial charge >= 0.3 is 0 Å². The number of thioether (sulfide) groups is 1. The highest BCUT2D eigenvalue weighted by atomic mass is 32.2. The number of carbonyl (C=O) groups is 3. The highest BCUT2D eigenvalue weighted by Crippen LogP contribution is 2.69. The van der Waals surface area contributed by atoms with Crippen LogP contribution >= 0.6 is 11.8 Å². The Bertz CT molecular complexity index is 1340. The van der Waals surface area contributed by atoms with Gasteiger partial charge in [0.1, 0.15) is 6.04 Å². The van der Waals surface area contributed by atoms with Crippen molar-refractivity contribution in [2.24, 2.45) is 17.8 Å². The average molecular weight is 602 g/mol. The van der Waals surface area contributed by atoms with E-state index in [1.807, 2.05) is 72.5 Å². The van der Waals surface area contributed by atoms with E-state index in [0.29, 0.717) is 26.2 Å². The lowest BCUT2D eigenvalue weighted by Crippen LogP contribution is -2.58. The Kier molecular flexibility index (Phi) is 9.47. The number of benzene rings is 2. The van der Waals surface area contributed by atoms with Gasteiger partial charge in [0.25, 0.3) is 0 Å². The summed E-state index contributed by atoms with van der Waals surface area (Å²) in [6, 6.07) is 17.7. The van der Waals surface area contributed by atoms with Crippen molar-refractivity contribution >= 4 is 29.5 Å². The van der Waals surface area contributed by atoms with Crippen molar-refractivity contribution in [3.05, 3.63) is 97.1 Å². The molecule has 7 nitrogen and oxygen atoms in total. The van der Waals surface area contributed by atoms with Crippen molar-refractivity contribution in [2.45, 2.75) is 55.3 Å². The van der Waals surface area contributed by atoms with Gasteiger partial charge in [0.15, 0.2) is 0 Å². The fraction of sp³-hybridized carbons (Fsp3) is 0.457. The Morgan fingerprint density at radius 3 is 2.28 bits per heavy atom. The number of likely N-dealkylation sites (tertiary alicyclic amines) is 1. The second kappa shape index (κ2) is 13.1. The Hall–Kier alpha value is -3.36. The Morgan fingerprint density at radius 2 is 1.67 bits per heavy atom. The van der Waals surface area contributed by atoms with Gasteiger partial charge in [-0.1, -0.05) is 86.7 Å². The maximum atomic E-state index is 14.9. The average Bonchev–Trinajstić information content (AvgIpc) is 3.61. The zero-order chi connectivity index (χ0) is 30.7. The molecule has 0 radical (unpaired) electrons. The summed E-state index contributed by atoms with van der Waals surface area (Å²) >= 11 is 1.67. The molecule has 2 bridgehead atoms. The van der Waals surface area contributed by atoms with Crippen LogP contribution in [0.1, 0.15) is 43.9 Å². The van der Waals surface area contributed by atoms with E-state index < -0.39 is 28.7 Å². The molecular formula is C35H43N3O4S. The van der Waals surface area contributed by atoms with E-state index in [4.69, 9.17) is 0 Å². The Labute approximate surface area is 259 Å².